The van der Waals surface area contributed by atoms with Crippen molar-refractivity contribution < 1.29 is 33.0 Å². The predicted molar refractivity (Wildman–Crippen MR) is 153 cm³/mol. The van der Waals surface area contributed by atoms with Crippen molar-refractivity contribution in [3.8, 4) is 0 Å². The molecule has 0 aromatic carbocycles. The number of halogens is 2. The Morgan fingerprint density at radius 3 is 2.37 bits per heavy atom. The van der Waals surface area contributed by atoms with Crippen molar-refractivity contribution in [1.82, 2.24) is 0 Å². The van der Waals surface area contributed by atoms with Gasteiger partial charge in [-0.2, -0.15) is 8.78 Å². The molecule has 5 nitrogen and oxygen atoms in total. The minimum Gasteiger partial charge on any atom is -0.544 e. The van der Waals surface area contributed by atoms with Gasteiger partial charge in [-0.3, -0.25) is 0 Å². The zero-order valence-corrected chi connectivity index (χ0v) is 26.3. The Hall–Kier alpha value is -1.66. The van der Waals surface area contributed by atoms with Gasteiger partial charge < -0.3 is 19.4 Å². The summed E-state index contributed by atoms with van der Waals surface area (Å²) in [5.74, 6) is -3.33. The van der Waals surface area contributed by atoms with Crippen LogP contribution < -0.4 is 5.11 Å². The molecule has 4 aliphatic rings. The average Bonchev–Trinajstić information content (AvgIpc) is 3.24. The first-order valence-electron chi connectivity index (χ1n) is 16.3. The summed E-state index contributed by atoms with van der Waals surface area (Å²) in [4.78, 5) is 23.4. The van der Waals surface area contributed by atoms with Crippen LogP contribution in [0.5, 0.6) is 0 Å². The van der Waals surface area contributed by atoms with Crippen molar-refractivity contribution in [2.75, 3.05) is 0 Å². The molecule has 0 aliphatic heterocycles. The van der Waals surface area contributed by atoms with Crippen LogP contribution >= 0.6 is 0 Å². The highest BCUT2D eigenvalue weighted by atomic mass is 19.3. The summed E-state index contributed by atoms with van der Waals surface area (Å²) in [6.45, 7) is 14.9. The fourth-order valence-corrected chi connectivity index (χ4v) is 9.77. The average molecular weight is 580 g/mol. The van der Waals surface area contributed by atoms with Crippen LogP contribution in [-0.2, 0) is 14.3 Å². The highest BCUT2D eigenvalue weighted by Gasteiger charge is 2.59. The lowest BCUT2D eigenvalue weighted by molar-refractivity contribution is -0.337. The molecule has 0 bridgehead atoms. The van der Waals surface area contributed by atoms with Gasteiger partial charge in [0.05, 0.1) is 0 Å². The lowest BCUT2D eigenvalue weighted by Crippen LogP contribution is -2.53. The number of ether oxygens (including phenoxy) is 2. The van der Waals surface area contributed by atoms with E-state index in [1.807, 2.05) is 0 Å². The lowest BCUT2D eigenvalue weighted by atomic mass is 9.47. The number of allylic oxidation sites excluding steroid dienone is 1. The minimum atomic E-state index is -4.29. The molecule has 0 saturated heterocycles. The molecule has 0 spiro atoms. The van der Waals surface area contributed by atoms with E-state index in [0.29, 0.717) is 30.1 Å². The Morgan fingerprint density at radius 2 is 1.73 bits per heavy atom. The summed E-state index contributed by atoms with van der Waals surface area (Å²) in [5.41, 5.74) is 1.81. The standard InChI is InChI=1S/C34H54F2O5/c1-20(2)9-8-10-22(5)26-13-14-27-25-12-11-23-19-24(15-17-32(23,6)28(25)16-18-33(26,27)7)40-31(39)41-29(21(3)4)34(35,36)30(37)38/h11,20-22,24-29H,8-10,12-19H2,1-7H3,(H,37,38)/p-1/t22?,24-,25?,26?,27?,28?,29?,32-,33+/m0/s1. The summed E-state index contributed by atoms with van der Waals surface area (Å²) in [6, 6.07) is 0. The van der Waals surface area contributed by atoms with Gasteiger partial charge >= 0.3 is 12.1 Å². The Balaban J connectivity index is 1.40. The normalized spacial score (nSPS) is 36.6. The molecule has 4 rings (SSSR count). The van der Waals surface area contributed by atoms with Gasteiger partial charge in [-0.25, -0.2) is 4.79 Å². The number of rotatable bonds is 10. The molecule has 0 radical (unpaired) electrons. The first kappa shape index (κ1) is 32.3. The van der Waals surface area contributed by atoms with Gasteiger partial charge in [0.25, 0.3) is 0 Å². The number of hydrogen-bond acceptors (Lipinski definition) is 5. The highest BCUT2D eigenvalue weighted by molar-refractivity contribution is 5.74. The van der Waals surface area contributed by atoms with Crippen molar-refractivity contribution in [3.05, 3.63) is 11.6 Å². The number of carboxylic acid groups (broad SMARTS) is 1. The van der Waals surface area contributed by atoms with Crippen LogP contribution in [0.25, 0.3) is 0 Å². The fourth-order valence-electron chi connectivity index (χ4n) is 9.77. The molecule has 6 unspecified atom stereocenters. The third-order valence-electron chi connectivity index (χ3n) is 12.0. The SMILES string of the molecule is CC(C)CCCC(C)C1CCC2C3CC=C4C[C@@H](OC(=O)OC(C(C)C)C(F)(F)C(=O)[O-])CC[C@]4(C)C3CC[C@]12C. The Kier molecular flexibility index (Phi) is 9.56. The van der Waals surface area contributed by atoms with Gasteiger partial charge in [0.1, 0.15) is 12.1 Å². The smallest absolute Gasteiger partial charge is 0.509 e. The Labute approximate surface area is 246 Å². The zero-order valence-electron chi connectivity index (χ0n) is 26.3. The van der Waals surface area contributed by atoms with Crippen molar-refractivity contribution in [3.63, 3.8) is 0 Å². The first-order valence-corrected chi connectivity index (χ1v) is 16.3. The van der Waals surface area contributed by atoms with Crippen LogP contribution in [0.1, 0.15) is 119 Å². The van der Waals surface area contributed by atoms with E-state index in [4.69, 9.17) is 9.47 Å². The third-order valence-corrected chi connectivity index (χ3v) is 12.0. The second-order valence-corrected chi connectivity index (χ2v) is 15.2. The first-order chi connectivity index (χ1) is 19.1. The maximum atomic E-state index is 14.1. The number of carbonyl (C=O) groups is 2. The number of aliphatic carboxylic acids is 1. The van der Waals surface area contributed by atoms with E-state index in [0.717, 1.165) is 36.5 Å². The van der Waals surface area contributed by atoms with E-state index in [-0.39, 0.29) is 5.41 Å². The Bertz CT molecular complexity index is 992. The Morgan fingerprint density at radius 1 is 1.02 bits per heavy atom. The second-order valence-electron chi connectivity index (χ2n) is 15.2. The van der Waals surface area contributed by atoms with Crippen LogP contribution in [0, 0.1) is 52.3 Å². The van der Waals surface area contributed by atoms with Gasteiger partial charge in [0.2, 0.25) is 0 Å². The fraction of sp³-hybridized carbons (Fsp3) is 0.882. The molecule has 234 valence electrons. The van der Waals surface area contributed by atoms with E-state index in [1.165, 1.54) is 64.4 Å². The molecule has 3 saturated carbocycles. The van der Waals surface area contributed by atoms with Gasteiger partial charge in [-0.05, 0) is 97.2 Å². The van der Waals surface area contributed by atoms with Gasteiger partial charge in [0.15, 0.2) is 6.10 Å². The summed E-state index contributed by atoms with van der Waals surface area (Å²) in [5, 5.41) is 10.9. The molecule has 3 fully saturated rings. The molecule has 7 heteroatoms. The third kappa shape index (κ3) is 6.20. The van der Waals surface area contributed by atoms with Gasteiger partial charge in [-0.15, -0.1) is 0 Å². The molecule has 0 aromatic rings. The number of alkyl halides is 2. The van der Waals surface area contributed by atoms with Crippen LogP contribution in [0.3, 0.4) is 0 Å². The topological polar surface area (TPSA) is 75.7 Å². The molecule has 0 amide bonds. The molecule has 41 heavy (non-hydrogen) atoms. The minimum absolute atomic E-state index is 0.0669. The maximum absolute atomic E-state index is 14.1. The van der Waals surface area contributed by atoms with E-state index in [1.54, 1.807) is 0 Å². The van der Waals surface area contributed by atoms with Crippen LogP contribution in [0.2, 0.25) is 0 Å². The summed E-state index contributed by atoms with van der Waals surface area (Å²) < 4.78 is 38.6. The number of hydrogen-bond donors (Lipinski definition) is 0. The molecular weight excluding hydrogens is 526 g/mol. The number of carbonyl (C=O) groups excluding carboxylic acids is 2. The van der Waals surface area contributed by atoms with Crippen molar-refractivity contribution in [1.29, 1.82) is 0 Å². The van der Waals surface area contributed by atoms with Crippen molar-refractivity contribution in [2.45, 2.75) is 137 Å². The molecule has 9 atom stereocenters. The van der Waals surface area contributed by atoms with E-state index >= 15 is 0 Å². The van der Waals surface area contributed by atoms with E-state index in [2.05, 4.69) is 40.7 Å². The monoisotopic (exact) mass is 579 g/mol. The number of fused-ring (bicyclic) bond motifs is 5. The van der Waals surface area contributed by atoms with Crippen LogP contribution in [0.15, 0.2) is 11.6 Å². The van der Waals surface area contributed by atoms with Crippen molar-refractivity contribution in [2.24, 2.45) is 52.3 Å². The van der Waals surface area contributed by atoms with E-state index in [9.17, 15) is 23.5 Å². The van der Waals surface area contributed by atoms with Gasteiger partial charge in [-0.1, -0.05) is 79.4 Å². The summed E-state index contributed by atoms with van der Waals surface area (Å²) in [7, 11) is 0. The largest absolute Gasteiger partial charge is 0.544 e. The van der Waals surface area contributed by atoms with Gasteiger partial charge in [0, 0.05) is 6.42 Å². The summed E-state index contributed by atoms with van der Waals surface area (Å²) >= 11 is 0. The quantitative estimate of drug-likeness (QED) is 0.194. The van der Waals surface area contributed by atoms with Crippen LogP contribution in [-0.4, -0.2) is 30.3 Å². The van der Waals surface area contributed by atoms with Crippen LogP contribution in [0.4, 0.5) is 13.6 Å². The van der Waals surface area contributed by atoms with E-state index < -0.39 is 36.2 Å². The summed E-state index contributed by atoms with van der Waals surface area (Å²) in [6.07, 6.45) is 10.9. The predicted octanol–water partition coefficient (Wildman–Crippen LogP) is 7.96. The molecule has 0 N–H and O–H groups in total. The van der Waals surface area contributed by atoms with Crippen molar-refractivity contribution >= 4 is 12.1 Å². The molecule has 0 aromatic heterocycles. The zero-order chi connectivity index (χ0) is 30.3. The number of carboxylic acids is 1. The maximum Gasteiger partial charge on any atom is 0.509 e. The second kappa shape index (κ2) is 12.1. The molecule has 0 heterocycles. The molecule has 4 aliphatic carbocycles. The molecular formula is C34H53F2O5-. The highest BCUT2D eigenvalue weighted by Crippen LogP contribution is 2.67. The lowest BCUT2D eigenvalue weighted by Gasteiger charge is -2.58.